The number of nitrogens with one attached hydrogen (secondary N) is 2. The Kier molecular flexibility index (Phi) is 5.14. The largest absolute Gasteiger partial charge is 0.550 e. The molecule has 0 spiro atoms. The van der Waals surface area contributed by atoms with Gasteiger partial charge in [0.1, 0.15) is 0 Å². The quantitative estimate of drug-likeness (QED) is 0.871. The third-order valence-corrected chi connectivity index (χ3v) is 3.88. The number of carboxylic acids is 1. The molecule has 2 amide bonds. The first-order valence-corrected chi connectivity index (χ1v) is 7.37. The molecule has 0 radical (unpaired) electrons. The monoisotopic (exact) mass is 303 g/mol. The van der Waals surface area contributed by atoms with Crippen molar-refractivity contribution >= 4 is 29.2 Å². The summed E-state index contributed by atoms with van der Waals surface area (Å²) in [6.07, 6.45) is 2.72. The third-order valence-electron chi connectivity index (χ3n) is 3.88. The van der Waals surface area contributed by atoms with Crippen LogP contribution in [-0.2, 0) is 14.4 Å². The van der Waals surface area contributed by atoms with Crippen molar-refractivity contribution in [1.82, 2.24) is 0 Å². The normalized spacial score (nSPS) is 21.0. The van der Waals surface area contributed by atoms with E-state index in [9.17, 15) is 19.5 Å². The summed E-state index contributed by atoms with van der Waals surface area (Å²) in [5, 5.41) is 16.5. The van der Waals surface area contributed by atoms with Crippen molar-refractivity contribution in [2.45, 2.75) is 32.6 Å². The maximum atomic E-state index is 12.3. The van der Waals surface area contributed by atoms with Crippen LogP contribution in [0.15, 0.2) is 24.3 Å². The molecule has 118 valence electrons. The van der Waals surface area contributed by atoms with Gasteiger partial charge >= 0.3 is 0 Å². The van der Waals surface area contributed by atoms with E-state index < -0.39 is 17.8 Å². The predicted molar refractivity (Wildman–Crippen MR) is 79.8 cm³/mol. The minimum atomic E-state index is -1.15. The summed E-state index contributed by atoms with van der Waals surface area (Å²) in [5.74, 6) is -2.88. The fraction of sp³-hybridized carbons (Fsp3) is 0.438. The number of carbonyl (C=O) groups is 3. The standard InChI is InChI=1S/C16H20N2O4/c1-10(19)17-11-6-8-12(9-7-11)18-15(20)13-4-2-3-5-14(13)16(21)22/h6-9,13-14H,2-5H2,1H3,(H,17,19)(H,18,20)(H,21,22)/p-1/t13-,14-/m0/s1. The lowest BCUT2D eigenvalue weighted by Gasteiger charge is -2.31. The number of benzene rings is 1. The summed E-state index contributed by atoms with van der Waals surface area (Å²) in [6, 6.07) is 6.68. The zero-order valence-electron chi connectivity index (χ0n) is 12.4. The first kappa shape index (κ1) is 16.0. The van der Waals surface area contributed by atoms with Crippen LogP contribution in [0, 0.1) is 11.8 Å². The molecule has 2 atom stereocenters. The summed E-state index contributed by atoms with van der Waals surface area (Å²) < 4.78 is 0. The van der Waals surface area contributed by atoms with Gasteiger partial charge < -0.3 is 20.5 Å². The lowest BCUT2D eigenvalue weighted by molar-refractivity contribution is -0.313. The maximum absolute atomic E-state index is 12.3. The summed E-state index contributed by atoms with van der Waals surface area (Å²) in [4.78, 5) is 34.4. The van der Waals surface area contributed by atoms with Crippen LogP contribution in [0.3, 0.4) is 0 Å². The number of hydrogen-bond acceptors (Lipinski definition) is 4. The minimum Gasteiger partial charge on any atom is -0.550 e. The van der Waals surface area contributed by atoms with Crippen molar-refractivity contribution in [3.8, 4) is 0 Å². The zero-order chi connectivity index (χ0) is 16.1. The van der Waals surface area contributed by atoms with Gasteiger partial charge in [0.05, 0.1) is 0 Å². The maximum Gasteiger partial charge on any atom is 0.228 e. The van der Waals surface area contributed by atoms with E-state index in [0.29, 0.717) is 24.2 Å². The van der Waals surface area contributed by atoms with Crippen LogP contribution in [0.25, 0.3) is 0 Å². The Labute approximate surface area is 128 Å². The Morgan fingerprint density at radius 3 is 1.95 bits per heavy atom. The van der Waals surface area contributed by atoms with Gasteiger partial charge in [-0.3, -0.25) is 9.59 Å². The van der Waals surface area contributed by atoms with E-state index in [1.54, 1.807) is 24.3 Å². The Morgan fingerprint density at radius 1 is 0.955 bits per heavy atom. The van der Waals surface area contributed by atoms with Crippen LogP contribution >= 0.6 is 0 Å². The van der Waals surface area contributed by atoms with E-state index in [1.165, 1.54) is 6.92 Å². The number of carbonyl (C=O) groups excluding carboxylic acids is 3. The van der Waals surface area contributed by atoms with Gasteiger partial charge in [0.2, 0.25) is 11.8 Å². The lowest BCUT2D eigenvalue weighted by atomic mass is 9.78. The predicted octanol–water partition coefficient (Wildman–Crippen LogP) is 1.14. The highest BCUT2D eigenvalue weighted by Crippen LogP contribution is 2.30. The summed E-state index contributed by atoms with van der Waals surface area (Å²) in [6.45, 7) is 1.42. The summed E-state index contributed by atoms with van der Waals surface area (Å²) >= 11 is 0. The molecule has 6 nitrogen and oxygen atoms in total. The number of aliphatic carboxylic acids is 1. The second-order valence-corrected chi connectivity index (χ2v) is 5.56. The molecule has 0 saturated heterocycles. The van der Waals surface area contributed by atoms with Crippen molar-refractivity contribution in [3.05, 3.63) is 24.3 Å². The highest BCUT2D eigenvalue weighted by molar-refractivity contribution is 5.95. The molecule has 0 unspecified atom stereocenters. The van der Waals surface area contributed by atoms with E-state index in [1.807, 2.05) is 0 Å². The molecule has 2 rings (SSSR count). The van der Waals surface area contributed by atoms with E-state index >= 15 is 0 Å². The van der Waals surface area contributed by atoms with Crippen LogP contribution in [-0.4, -0.2) is 17.8 Å². The van der Waals surface area contributed by atoms with Crippen molar-refractivity contribution in [3.63, 3.8) is 0 Å². The van der Waals surface area contributed by atoms with Crippen molar-refractivity contribution in [1.29, 1.82) is 0 Å². The lowest BCUT2D eigenvalue weighted by Crippen LogP contribution is -2.42. The van der Waals surface area contributed by atoms with Gasteiger partial charge in [0, 0.05) is 36.1 Å². The number of hydrogen-bond donors (Lipinski definition) is 2. The fourth-order valence-corrected chi connectivity index (χ4v) is 2.80. The van der Waals surface area contributed by atoms with E-state index in [-0.39, 0.29) is 11.8 Å². The molecule has 0 bridgehead atoms. The molecule has 1 fully saturated rings. The van der Waals surface area contributed by atoms with Crippen LogP contribution < -0.4 is 15.7 Å². The molecule has 1 saturated carbocycles. The van der Waals surface area contributed by atoms with E-state index in [4.69, 9.17) is 0 Å². The van der Waals surface area contributed by atoms with Gasteiger partial charge in [-0.25, -0.2) is 0 Å². The molecule has 2 N–H and O–H groups in total. The van der Waals surface area contributed by atoms with Crippen LogP contribution in [0.2, 0.25) is 0 Å². The molecule has 0 aromatic heterocycles. The van der Waals surface area contributed by atoms with Gasteiger partial charge in [0.25, 0.3) is 0 Å². The van der Waals surface area contributed by atoms with E-state index in [0.717, 1.165) is 12.8 Å². The highest BCUT2D eigenvalue weighted by atomic mass is 16.4. The van der Waals surface area contributed by atoms with Crippen molar-refractivity contribution in [2.24, 2.45) is 11.8 Å². The number of rotatable bonds is 4. The van der Waals surface area contributed by atoms with Crippen molar-refractivity contribution in [2.75, 3.05) is 10.6 Å². The molecular weight excluding hydrogens is 284 g/mol. The molecule has 6 heteroatoms. The fourth-order valence-electron chi connectivity index (χ4n) is 2.80. The van der Waals surface area contributed by atoms with Crippen LogP contribution in [0.5, 0.6) is 0 Å². The zero-order valence-corrected chi connectivity index (χ0v) is 12.4. The SMILES string of the molecule is CC(=O)Nc1ccc(NC(=O)[C@H]2CCCC[C@@H]2C(=O)[O-])cc1. The second kappa shape index (κ2) is 7.06. The van der Waals surface area contributed by atoms with Gasteiger partial charge in [0.15, 0.2) is 0 Å². The molecule has 1 aliphatic carbocycles. The molecule has 1 aliphatic rings. The Hall–Kier alpha value is -2.37. The first-order chi connectivity index (χ1) is 10.5. The topological polar surface area (TPSA) is 98.3 Å². The molecular formula is C16H19N2O4-. The van der Waals surface area contributed by atoms with Gasteiger partial charge in [-0.1, -0.05) is 12.8 Å². The first-order valence-electron chi connectivity index (χ1n) is 7.37. The Morgan fingerprint density at radius 2 is 1.45 bits per heavy atom. The Bertz CT molecular complexity index is 568. The molecule has 1 aromatic rings. The average molecular weight is 303 g/mol. The summed E-state index contributed by atoms with van der Waals surface area (Å²) in [7, 11) is 0. The second-order valence-electron chi connectivity index (χ2n) is 5.56. The third kappa shape index (κ3) is 4.07. The van der Waals surface area contributed by atoms with Gasteiger partial charge in [-0.15, -0.1) is 0 Å². The highest BCUT2D eigenvalue weighted by Gasteiger charge is 2.31. The van der Waals surface area contributed by atoms with E-state index in [2.05, 4.69) is 10.6 Å². The molecule has 22 heavy (non-hydrogen) atoms. The molecule has 1 aromatic carbocycles. The van der Waals surface area contributed by atoms with Crippen LogP contribution in [0.1, 0.15) is 32.6 Å². The van der Waals surface area contributed by atoms with Gasteiger partial charge in [-0.05, 0) is 37.1 Å². The van der Waals surface area contributed by atoms with Crippen molar-refractivity contribution < 1.29 is 19.5 Å². The number of anilines is 2. The average Bonchev–Trinajstić information content (AvgIpc) is 2.48. The Balaban J connectivity index is 2.01. The minimum absolute atomic E-state index is 0.171. The van der Waals surface area contributed by atoms with Gasteiger partial charge in [-0.2, -0.15) is 0 Å². The smallest absolute Gasteiger partial charge is 0.228 e. The number of amides is 2. The summed E-state index contributed by atoms with van der Waals surface area (Å²) in [5.41, 5.74) is 1.21. The molecule has 0 aliphatic heterocycles. The molecule has 0 heterocycles. The van der Waals surface area contributed by atoms with Crippen LogP contribution in [0.4, 0.5) is 11.4 Å². The number of carboxylic acid groups (broad SMARTS) is 1.